The number of amides is 2. The first-order chi connectivity index (χ1) is 10.3. The summed E-state index contributed by atoms with van der Waals surface area (Å²) in [4.78, 5) is 28.5. The van der Waals surface area contributed by atoms with Gasteiger partial charge in [0.2, 0.25) is 5.91 Å². The Morgan fingerprint density at radius 2 is 1.81 bits per heavy atom. The predicted molar refractivity (Wildman–Crippen MR) is 79.0 cm³/mol. The minimum Gasteiger partial charge on any atom is -0.347 e. The average Bonchev–Trinajstić information content (AvgIpc) is 2.54. The Bertz CT molecular complexity index is 456. The summed E-state index contributed by atoms with van der Waals surface area (Å²) in [5.74, 6) is -0.292. The number of benzene rings is 1. The van der Waals surface area contributed by atoms with Crippen molar-refractivity contribution in [1.29, 1.82) is 0 Å². The normalized spacial score (nSPS) is 15.4. The molecule has 0 spiro atoms. The van der Waals surface area contributed by atoms with Crippen molar-refractivity contribution in [3.05, 3.63) is 35.9 Å². The molecule has 5 heteroatoms. The Morgan fingerprint density at radius 3 is 2.52 bits per heavy atom. The van der Waals surface area contributed by atoms with E-state index in [9.17, 15) is 9.59 Å². The van der Waals surface area contributed by atoms with Gasteiger partial charge in [0.1, 0.15) is 0 Å². The molecule has 1 aliphatic rings. The molecular weight excluding hydrogens is 268 g/mol. The van der Waals surface area contributed by atoms with Gasteiger partial charge in [-0.1, -0.05) is 49.6 Å². The monoisotopic (exact) mass is 290 g/mol. The van der Waals surface area contributed by atoms with Crippen molar-refractivity contribution in [3.63, 3.8) is 0 Å². The molecule has 21 heavy (non-hydrogen) atoms. The highest BCUT2D eigenvalue weighted by Crippen LogP contribution is 2.23. The zero-order valence-corrected chi connectivity index (χ0v) is 12.1. The van der Waals surface area contributed by atoms with Crippen LogP contribution in [0.15, 0.2) is 30.3 Å². The molecule has 1 aromatic carbocycles. The molecule has 2 rings (SSSR count). The first kappa shape index (κ1) is 15.5. The molecule has 1 fully saturated rings. The Hall–Kier alpha value is -1.88. The fraction of sp³-hybridized carbons (Fsp3) is 0.500. The summed E-state index contributed by atoms with van der Waals surface area (Å²) in [7, 11) is 0. The number of hydrogen-bond donors (Lipinski definition) is 2. The van der Waals surface area contributed by atoms with Crippen molar-refractivity contribution in [2.75, 3.05) is 6.54 Å². The number of hydroxylamine groups is 1. The Labute approximate surface area is 125 Å². The van der Waals surface area contributed by atoms with Crippen molar-refractivity contribution in [1.82, 2.24) is 10.8 Å². The Kier molecular flexibility index (Phi) is 6.22. The van der Waals surface area contributed by atoms with Gasteiger partial charge in [-0.05, 0) is 18.4 Å². The molecular formula is C16H22N2O3. The topological polar surface area (TPSA) is 67.4 Å². The molecule has 1 saturated carbocycles. The van der Waals surface area contributed by atoms with Crippen LogP contribution in [0.1, 0.15) is 37.7 Å². The Balaban J connectivity index is 1.60. The van der Waals surface area contributed by atoms with Gasteiger partial charge in [-0.15, -0.1) is 0 Å². The van der Waals surface area contributed by atoms with Gasteiger partial charge in [0.15, 0.2) is 0 Å². The average molecular weight is 290 g/mol. The summed E-state index contributed by atoms with van der Waals surface area (Å²) in [6.07, 6.45) is 5.27. The molecule has 0 bridgehead atoms. The lowest BCUT2D eigenvalue weighted by molar-refractivity contribution is -0.136. The van der Waals surface area contributed by atoms with Crippen LogP contribution in [0, 0.1) is 5.92 Å². The highest BCUT2D eigenvalue weighted by molar-refractivity contribution is 5.85. The van der Waals surface area contributed by atoms with Crippen molar-refractivity contribution in [3.8, 4) is 0 Å². The van der Waals surface area contributed by atoms with Gasteiger partial charge in [-0.25, -0.2) is 5.48 Å². The third-order valence-electron chi connectivity index (χ3n) is 3.67. The summed E-state index contributed by atoms with van der Waals surface area (Å²) in [6, 6.07) is 9.56. The summed E-state index contributed by atoms with van der Waals surface area (Å²) < 4.78 is 0. The number of carbonyl (C=O) groups excluding carboxylic acids is 2. The maximum absolute atomic E-state index is 11.9. The summed E-state index contributed by atoms with van der Waals surface area (Å²) in [5.41, 5.74) is 3.31. The molecule has 0 heterocycles. The largest absolute Gasteiger partial charge is 0.347 e. The molecule has 1 aliphatic carbocycles. The van der Waals surface area contributed by atoms with Gasteiger partial charge >= 0.3 is 0 Å². The van der Waals surface area contributed by atoms with Crippen LogP contribution in [0.5, 0.6) is 0 Å². The van der Waals surface area contributed by atoms with E-state index in [1.54, 1.807) is 0 Å². The third-order valence-corrected chi connectivity index (χ3v) is 3.67. The van der Waals surface area contributed by atoms with Gasteiger partial charge < -0.3 is 5.32 Å². The first-order valence-corrected chi connectivity index (χ1v) is 7.48. The zero-order chi connectivity index (χ0) is 14.9. The lowest BCUT2D eigenvalue weighted by Gasteiger charge is -2.20. The van der Waals surface area contributed by atoms with E-state index in [1.807, 2.05) is 30.3 Å². The summed E-state index contributed by atoms with van der Waals surface area (Å²) >= 11 is 0. The molecule has 2 amide bonds. The van der Waals surface area contributed by atoms with Crippen LogP contribution in [0.25, 0.3) is 0 Å². The summed E-state index contributed by atoms with van der Waals surface area (Å²) in [5, 5.41) is 2.67. The number of hydrogen-bond acceptors (Lipinski definition) is 3. The molecule has 5 nitrogen and oxygen atoms in total. The minimum atomic E-state index is -0.338. The standard InChI is InChI=1S/C16H22N2O3/c19-15(18-21-12-13-7-3-1-4-8-13)11-17-16(20)14-9-5-2-6-10-14/h1,3-4,7-8,14H,2,5-6,9-12H2,(H,17,20)(H,18,19). The third kappa shape index (κ3) is 5.55. The van der Waals surface area contributed by atoms with Gasteiger partial charge in [0.05, 0.1) is 13.2 Å². The minimum absolute atomic E-state index is 0.0205. The van der Waals surface area contributed by atoms with Crippen molar-refractivity contribution in [2.24, 2.45) is 5.92 Å². The van der Waals surface area contributed by atoms with Crippen LogP contribution in [0.4, 0.5) is 0 Å². The number of rotatable bonds is 6. The highest BCUT2D eigenvalue weighted by atomic mass is 16.6. The second-order valence-corrected chi connectivity index (χ2v) is 5.35. The van der Waals surface area contributed by atoms with Gasteiger partial charge in [0, 0.05) is 5.92 Å². The van der Waals surface area contributed by atoms with Crippen molar-refractivity contribution >= 4 is 11.8 Å². The van der Waals surface area contributed by atoms with E-state index in [4.69, 9.17) is 4.84 Å². The maximum Gasteiger partial charge on any atom is 0.262 e. The fourth-order valence-electron chi connectivity index (χ4n) is 2.49. The first-order valence-electron chi connectivity index (χ1n) is 7.48. The maximum atomic E-state index is 11.9. The molecule has 0 radical (unpaired) electrons. The van der Waals surface area contributed by atoms with E-state index < -0.39 is 0 Å². The smallest absolute Gasteiger partial charge is 0.262 e. The second kappa shape index (κ2) is 8.42. The second-order valence-electron chi connectivity index (χ2n) is 5.35. The molecule has 0 saturated heterocycles. The van der Waals surface area contributed by atoms with Crippen LogP contribution < -0.4 is 10.8 Å². The fourth-order valence-corrected chi connectivity index (χ4v) is 2.49. The molecule has 0 aromatic heterocycles. The van der Waals surface area contributed by atoms with Crippen LogP contribution in [-0.4, -0.2) is 18.4 Å². The number of carbonyl (C=O) groups is 2. The Morgan fingerprint density at radius 1 is 1.10 bits per heavy atom. The van der Waals surface area contributed by atoms with Crippen LogP contribution >= 0.6 is 0 Å². The molecule has 0 atom stereocenters. The van der Waals surface area contributed by atoms with E-state index in [-0.39, 0.29) is 24.3 Å². The van der Waals surface area contributed by atoms with E-state index in [0.29, 0.717) is 6.61 Å². The SMILES string of the molecule is O=C(CNC(=O)C1CCCCC1)NOCc1ccccc1. The molecule has 0 aliphatic heterocycles. The van der Waals surface area contributed by atoms with Crippen molar-refractivity contribution < 1.29 is 14.4 Å². The van der Waals surface area contributed by atoms with Crippen LogP contribution in [0.3, 0.4) is 0 Å². The molecule has 1 aromatic rings. The van der Waals surface area contributed by atoms with Crippen molar-refractivity contribution in [2.45, 2.75) is 38.7 Å². The van der Waals surface area contributed by atoms with Crippen LogP contribution in [0.2, 0.25) is 0 Å². The summed E-state index contributed by atoms with van der Waals surface area (Å²) in [6.45, 7) is 0.271. The van der Waals surface area contributed by atoms with E-state index in [2.05, 4.69) is 10.8 Å². The van der Waals surface area contributed by atoms with E-state index in [0.717, 1.165) is 31.2 Å². The van der Waals surface area contributed by atoms with Gasteiger partial charge in [-0.2, -0.15) is 0 Å². The zero-order valence-electron chi connectivity index (χ0n) is 12.1. The predicted octanol–water partition coefficient (Wildman–Crippen LogP) is 1.93. The molecule has 114 valence electrons. The lowest BCUT2D eigenvalue weighted by atomic mass is 9.89. The lowest BCUT2D eigenvalue weighted by Crippen LogP contribution is -2.40. The number of nitrogens with one attached hydrogen (secondary N) is 2. The van der Waals surface area contributed by atoms with Gasteiger partial charge in [-0.3, -0.25) is 14.4 Å². The van der Waals surface area contributed by atoms with E-state index in [1.165, 1.54) is 6.42 Å². The van der Waals surface area contributed by atoms with Crippen LogP contribution in [-0.2, 0) is 21.0 Å². The highest BCUT2D eigenvalue weighted by Gasteiger charge is 2.21. The van der Waals surface area contributed by atoms with Gasteiger partial charge in [0.25, 0.3) is 5.91 Å². The van der Waals surface area contributed by atoms with E-state index >= 15 is 0 Å². The molecule has 2 N–H and O–H groups in total. The quantitative estimate of drug-likeness (QED) is 0.787. The molecule has 0 unspecified atom stereocenters.